The molecule has 6 amide bonds. The van der Waals surface area contributed by atoms with E-state index < -0.39 is 78.4 Å². The minimum Gasteiger partial charge on any atom is -0.480 e. The first-order chi connectivity index (χ1) is 15.8. The molecule has 0 fully saturated rings. The number of carboxylic acids is 1. The average Bonchev–Trinajstić information content (AvgIpc) is 2.71. The third-order valence-electron chi connectivity index (χ3n) is 4.33. The van der Waals surface area contributed by atoms with Gasteiger partial charge in [0.05, 0.1) is 18.9 Å². The van der Waals surface area contributed by atoms with Crippen molar-refractivity contribution in [2.45, 2.75) is 56.3 Å². The minimum atomic E-state index is -1.58. The van der Waals surface area contributed by atoms with Crippen molar-refractivity contribution in [1.29, 1.82) is 0 Å². The normalized spacial score (nSPS) is 14.1. The van der Waals surface area contributed by atoms with Crippen LogP contribution in [0.4, 0.5) is 0 Å². The van der Waals surface area contributed by atoms with Crippen molar-refractivity contribution in [2.75, 3.05) is 12.0 Å². The van der Waals surface area contributed by atoms with Gasteiger partial charge >= 0.3 is 5.97 Å². The Bertz CT molecular complexity index is 794. The van der Waals surface area contributed by atoms with Gasteiger partial charge in [0.25, 0.3) is 0 Å². The number of aliphatic carboxylic acids is 1. The fraction of sp³-hybridized carbons (Fsp3) is 0.611. The smallest absolute Gasteiger partial charge is 0.326 e. The van der Waals surface area contributed by atoms with Crippen molar-refractivity contribution in [3.8, 4) is 0 Å². The van der Waals surface area contributed by atoms with Crippen LogP contribution in [-0.4, -0.2) is 82.7 Å². The zero-order chi connectivity index (χ0) is 26.4. The lowest BCUT2D eigenvalue weighted by Gasteiger charge is -2.24. The summed E-state index contributed by atoms with van der Waals surface area (Å²) in [5, 5.41) is 16.0. The van der Waals surface area contributed by atoms with Crippen LogP contribution in [0.5, 0.6) is 0 Å². The Morgan fingerprint density at radius 3 is 1.71 bits per heavy atom. The first kappa shape index (κ1) is 30.6. The third-order valence-corrected chi connectivity index (χ3v) is 4.98. The van der Waals surface area contributed by atoms with Crippen LogP contribution < -0.4 is 38.9 Å². The van der Waals surface area contributed by atoms with E-state index in [-0.39, 0.29) is 19.3 Å². The molecule has 34 heavy (non-hydrogen) atoms. The topological polar surface area (TPSA) is 280 Å². The summed E-state index contributed by atoms with van der Waals surface area (Å²) in [6, 6.07) is -5.61. The van der Waals surface area contributed by atoms with Crippen LogP contribution in [-0.2, 0) is 33.6 Å². The summed E-state index contributed by atoms with van der Waals surface area (Å²) in [6.45, 7) is 0. The lowest BCUT2D eigenvalue weighted by Crippen LogP contribution is -2.58. The van der Waals surface area contributed by atoms with Crippen LogP contribution >= 0.6 is 11.8 Å². The van der Waals surface area contributed by atoms with Gasteiger partial charge in [-0.05, 0) is 24.9 Å². The monoisotopic (exact) mass is 505 g/mol. The molecule has 0 rings (SSSR count). The van der Waals surface area contributed by atoms with E-state index in [0.717, 1.165) is 0 Å². The van der Waals surface area contributed by atoms with Crippen LogP contribution in [0.3, 0.4) is 0 Å². The quantitative estimate of drug-likeness (QED) is 0.0939. The molecule has 0 heterocycles. The molecule has 0 bridgehead atoms. The second-order valence-electron chi connectivity index (χ2n) is 7.26. The van der Waals surface area contributed by atoms with Gasteiger partial charge in [-0.25, -0.2) is 4.79 Å². The number of primary amides is 3. The van der Waals surface area contributed by atoms with E-state index >= 15 is 0 Å². The average molecular weight is 506 g/mol. The molecule has 0 saturated carbocycles. The molecule has 12 N–H and O–H groups in total. The first-order valence-electron chi connectivity index (χ1n) is 10.0. The van der Waals surface area contributed by atoms with Gasteiger partial charge in [0.2, 0.25) is 35.4 Å². The molecule has 0 aromatic rings. The largest absolute Gasteiger partial charge is 0.480 e. The molecule has 0 aromatic heterocycles. The fourth-order valence-electron chi connectivity index (χ4n) is 2.59. The maximum Gasteiger partial charge on any atom is 0.326 e. The summed E-state index contributed by atoms with van der Waals surface area (Å²) in [5.41, 5.74) is 20.7. The standard InChI is InChI=1S/C18H31N7O8S/c1-34-5-4-9(23-15(29)8(19)6-13(21)27)16(30)25-11(7-14(22)28)17(31)24-10(18(32)33)2-3-12(20)26/h8-11H,2-7,19H2,1H3,(H2,20,26)(H2,21,27)(H2,22,28)(H,23,29)(H,24,31)(H,25,30)(H,32,33). The van der Waals surface area contributed by atoms with Gasteiger partial charge in [0.1, 0.15) is 18.1 Å². The van der Waals surface area contributed by atoms with Gasteiger partial charge in [0, 0.05) is 6.42 Å². The van der Waals surface area contributed by atoms with Crippen LogP contribution in [0.1, 0.15) is 32.1 Å². The molecule has 0 aliphatic carbocycles. The van der Waals surface area contributed by atoms with E-state index in [2.05, 4.69) is 16.0 Å². The van der Waals surface area contributed by atoms with Crippen molar-refractivity contribution in [3.05, 3.63) is 0 Å². The highest BCUT2D eigenvalue weighted by Crippen LogP contribution is 2.05. The Morgan fingerprint density at radius 1 is 0.735 bits per heavy atom. The van der Waals surface area contributed by atoms with Gasteiger partial charge in [-0.3, -0.25) is 28.8 Å². The number of rotatable bonds is 17. The Balaban J connectivity index is 5.50. The molecule has 0 radical (unpaired) electrons. The molecule has 0 saturated heterocycles. The number of thioether (sulfide) groups is 1. The predicted molar refractivity (Wildman–Crippen MR) is 120 cm³/mol. The molecule has 4 atom stereocenters. The summed E-state index contributed by atoms with van der Waals surface area (Å²) in [5.74, 6) is -6.41. The van der Waals surface area contributed by atoms with Crippen LogP contribution in [0.25, 0.3) is 0 Å². The maximum absolute atomic E-state index is 12.8. The first-order valence-corrected chi connectivity index (χ1v) is 11.4. The van der Waals surface area contributed by atoms with Crippen molar-refractivity contribution < 1.29 is 38.7 Å². The summed E-state index contributed by atoms with van der Waals surface area (Å²) < 4.78 is 0. The number of hydrogen-bond donors (Lipinski definition) is 8. The zero-order valence-electron chi connectivity index (χ0n) is 18.6. The number of nitrogens with two attached hydrogens (primary N) is 4. The van der Waals surface area contributed by atoms with Crippen molar-refractivity contribution in [2.24, 2.45) is 22.9 Å². The van der Waals surface area contributed by atoms with E-state index in [1.165, 1.54) is 11.8 Å². The Labute approximate surface area is 199 Å². The SMILES string of the molecule is CSCCC(NC(=O)C(N)CC(N)=O)C(=O)NC(CC(N)=O)C(=O)NC(CCC(N)=O)C(=O)O. The van der Waals surface area contributed by atoms with Gasteiger partial charge in [-0.1, -0.05) is 0 Å². The highest BCUT2D eigenvalue weighted by atomic mass is 32.2. The van der Waals surface area contributed by atoms with E-state index in [9.17, 15) is 38.7 Å². The molecular weight excluding hydrogens is 474 g/mol. The summed E-state index contributed by atoms with van der Waals surface area (Å²) in [6.07, 6.45) is 0.0536. The summed E-state index contributed by atoms with van der Waals surface area (Å²) in [4.78, 5) is 82.3. The van der Waals surface area contributed by atoms with E-state index in [1.54, 1.807) is 6.26 Å². The number of carboxylic acid groups (broad SMARTS) is 1. The molecule has 0 aliphatic rings. The van der Waals surface area contributed by atoms with E-state index in [4.69, 9.17) is 22.9 Å². The van der Waals surface area contributed by atoms with Gasteiger partial charge in [0.15, 0.2) is 0 Å². The second kappa shape index (κ2) is 15.4. The van der Waals surface area contributed by atoms with Crippen LogP contribution in [0.15, 0.2) is 0 Å². The van der Waals surface area contributed by atoms with Crippen molar-refractivity contribution in [3.63, 3.8) is 0 Å². The highest BCUT2D eigenvalue weighted by Gasteiger charge is 2.31. The molecule has 192 valence electrons. The van der Waals surface area contributed by atoms with Crippen LogP contribution in [0, 0.1) is 0 Å². The summed E-state index contributed by atoms with van der Waals surface area (Å²) >= 11 is 1.36. The Hall–Kier alpha value is -3.40. The van der Waals surface area contributed by atoms with Gasteiger partial charge < -0.3 is 44.0 Å². The lowest BCUT2D eigenvalue weighted by molar-refractivity contribution is -0.142. The maximum atomic E-state index is 12.8. The number of nitrogens with one attached hydrogen (secondary N) is 3. The molecule has 0 aliphatic heterocycles. The molecule has 4 unspecified atom stereocenters. The van der Waals surface area contributed by atoms with Crippen molar-refractivity contribution >= 4 is 53.2 Å². The predicted octanol–water partition coefficient (Wildman–Crippen LogP) is -4.38. The van der Waals surface area contributed by atoms with Crippen LogP contribution in [0.2, 0.25) is 0 Å². The van der Waals surface area contributed by atoms with Gasteiger partial charge in [-0.15, -0.1) is 0 Å². The van der Waals surface area contributed by atoms with Crippen molar-refractivity contribution in [1.82, 2.24) is 16.0 Å². The lowest BCUT2D eigenvalue weighted by atomic mass is 10.1. The molecule has 0 aromatic carbocycles. The summed E-state index contributed by atoms with van der Waals surface area (Å²) in [7, 11) is 0. The van der Waals surface area contributed by atoms with E-state index in [0.29, 0.717) is 5.75 Å². The third kappa shape index (κ3) is 12.6. The van der Waals surface area contributed by atoms with Gasteiger partial charge in [-0.2, -0.15) is 11.8 Å². The molecule has 16 heteroatoms. The highest BCUT2D eigenvalue weighted by molar-refractivity contribution is 7.98. The van der Waals surface area contributed by atoms with E-state index in [1.807, 2.05) is 0 Å². The fourth-order valence-corrected chi connectivity index (χ4v) is 3.06. The number of hydrogen-bond acceptors (Lipinski definition) is 9. The number of carbonyl (C=O) groups excluding carboxylic acids is 6. The second-order valence-corrected chi connectivity index (χ2v) is 8.24. The number of amides is 6. The minimum absolute atomic E-state index is 0.101. The molecule has 0 spiro atoms. The molecule has 15 nitrogen and oxygen atoms in total. The Morgan fingerprint density at radius 2 is 1.24 bits per heavy atom. The molecular formula is C18H31N7O8S. The Kier molecular flexibility index (Phi) is 13.9. The zero-order valence-corrected chi connectivity index (χ0v) is 19.4. The number of carbonyl (C=O) groups is 7.